The summed E-state index contributed by atoms with van der Waals surface area (Å²) in [4.78, 5) is 11.2. The van der Waals surface area contributed by atoms with E-state index in [1.165, 1.54) is 19.2 Å². The van der Waals surface area contributed by atoms with Crippen LogP contribution in [-0.4, -0.2) is 34.0 Å². The second-order valence-electron chi connectivity index (χ2n) is 4.08. The lowest BCUT2D eigenvalue weighted by molar-refractivity contribution is -0.119. The Hall–Kier alpha value is -1.60. The van der Waals surface area contributed by atoms with Gasteiger partial charge in [0.25, 0.3) is 0 Å². The fraction of sp³-hybridized carbons (Fsp3) is 0.364. The predicted octanol–water partition coefficient (Wildman–Crippen LogP) is -0.105. The average molecular weight is 269 g/mol. The molecule has 1 atom stereocenters. The van der Waals surface area contributed by atoms with Crippen LogP contribution in [0.25, 0.3) is 0 Å². The zero-order valence-corrected chi connectivity index (χ0v) is 10.8. The topological polar surface area (TPSA) is 87.3 Å². The van der Waals surface area contributed by atoms with Gasteiger partial charge in [0.15, 0.2) is 0 Å². The molecule has 18 heavy (non-hydrogen) atoms. The Morgan fingerprint density at radius 1 is 1.28 bits per heavy atom. The number of carbonyl (C=O) groups excluding carboxylic acids is 1. The van der Waals surface area contributed by atoms with Gasteiger partial charge in [-0.15, -0.1) is 0 Å². The third-order valence-electron chi connectivity index (χ3n) is 2.78. The van der Waals surface area contributed by atoms with Crippen molar-refractivity contribution in [2.45, 2.75) is 17.4 Å². The van der Waals surface area contributed by atoms with Crippen LogP contribution in [0.3, 0.4) is 0 Å². The molecule has 1 aromatic rings. The van der Waals surface area contributed by atoms with Crippen molar-refractivity contribution >= 4 is 21.6 Å². The minimum Gasteiger partial charge on any atom is -0.380 e. The van der Waals surface area contributed by atoms with Gasteiger partial charge in [-0.3, -0.25) is 4.79 Å². The maximum Gasteiger partial charge on any atom is 0.240 e. The summed E-state index contributed by atoms with van der Waals surface area (Å²) < 4.78 is 25.3. The molecule has 1 amide bonds. The molecule has 6 nitrogen and oxygen atoms in total. The Morgan fingerprint density at radius 3 is 2.44 bits per heavy atom. The quantitative estimate of drug-likeness (QED) is 0.712. The molecule has 1 fully saturated rings. The van der Waals surface area contributed by atoms with Crippen LogP contribution in [0.15, 0.2) is 29.2 Å². The monoisotopic (exact) mass is 269 g/mol. The van der Waals surface area contributed by atoms with Gasteiger partial charge in [0.2, 0.25) is 15.9 Å². The number of nitrogens with one attached hydrogen (secondary N) is 3. The number of amides is 1. The second kappa shape index (κ2) is 4.95. The molecule has 0 aliphatic carbocycles. The van der Waals surface area contributed by atoms with Gasteiger partial charge in [-0.05, 0) is 31.3 Å². The highest BCUT2D eigenvalue weighted by atomic mass is 32.2. The normalized spacial score (nSPS) is 19.6. The Bertz CT molecular complexity index is 539. The van der Waals surface area contributed by atoms with E-state index in [1.807, 2.05) is 0 Å². The van der Waals surface area contributed by atoms with Gasteiger partial charge in [0, 0.05) is 18.7 Å². The van der Waals surface area contributed by atoms with Crippen molar-refractivity contribution in [2.75, 3.05) is 18.9 Å². The fourth-order valence-electron chi connectivity index (χ4n) is 1.79. The predicted molar refractivity (Wildman–Crippen MR) is 67.7 cm³/mol. The standard InChI is InChI=1S/C11H15N3O3S/c1-12-18(16,17)10-4-2-8(3-5-10)14-9-6-11(15)13-7-9/h2-5,9,12,14H,6-7H2,1H3,(H,13,15). The van der Waals surface area contributed by atoms with Crippen LogP contribution in [-0.2, 0) is 14.8 Å². The number of sulfonamides is 1. The largest absolute Gasteiger partial charge is 0.380 e. The fourth-order valence-corrected chi connectivity index (χ4v) is 2.52. The summed E-state index contributed by atoms with van der Waals surface area (Å²) in [6.45, 7) is 0.593. The van der Waals surface area contributed by atoms with Gasteiger partial charge in [-0.25, -0.2) is 13.1 Å². The lowest BCUT2D eigenvalue weighted by atomic mass is 10.2. The van der Waals surface area contributed by atoms with Gasteiger partial charge in [0.05, 0.1) is 10.9 Å². The minimum atomic E-state index is -3.40. The van der Waals surface area contributed by atoms with E-state index >= 15 is 0 Å². The zero-order valence-electron chi connectivity index (χ0n) is 9.93. The molecule has 1 aliphatic rings. The van der Waals surface area contributed by atoms with Crippen LogP contribution in [0, 0.1) is 0 Å². The van der Waals surface area contributed by atoms with E-state index in [1.54, 1.807) is 12.1 Å². The molecule has 0 spiro atoms. The molecule has 0 radical (unpaired) electrons. The molecule has 1 aliphatic heterocycles. The highest BCUT2D eigenvalue weighted by Crippen LogP contribution is 2.16. The first-order chi connectivity index (χ1) is 8.51. The zero-order chi connectivity index (χ0) is 13.2. The average Bonchev–Trinajstić information content (AvgIpc) is 2.75. The molecular weight excluding hydrogens is 254 g/mol. The summed E-state index contributed by atoms with van der Waals surface area (Å²) in [5.74, 6) is 0.0295. The summed E-state index contributed by atoms with van der Waals surface area (Å²) in [6.07, 6.45) is 0.441. The molecule has 1 heterocycles. The van der Waals surface area contributed by atoms with Gasteiger partial charge < -0.3 is 10.6 Å². The molecule has 3 N–H and O–H groups in total. The first-order valence-electron chi connectivity index (χ1n) is 5.58. The summed E-state index contributed by atoms with van der Waals surface area (Å²) in [6, 6.07) is 6.49. The smallest absolute Gasteiger partial charge is 0.240 e. The highest BCUT2D eigenvalue weighted by molar-refractivity contribution is 7.89. The summed E-state index contributed by atoms with van der Waals surface area (Å²) in [5.41, 5.74) is 0.798. The molecule has 0 aromatic heterocycles. The van der Waals surface area contributed by atoms with Crippen molar-refractivity contribution in [3.8, 4) is 0 Å². The first-order valence-corrected chi connectivity index (χ1v) is 7.06. The van der Waals surface area contributed by atoms with Crippen molar-refractivity contribution in [3.05, 3.63) is 24.3 Å². The Kier molecular flexibility index (Phi) is 3.53. The van der Waals surface area contributed by atoms with Gasteiger partial charge in [-0.2, -0.15) is 0 Å². The maximum atomic E-state index is 11.5. The van der Waals surface area contributed by atoms with Crippen molar-refractivity contribution in [2.24, 2.45) is 0 Å². The van der Waals surface area contributed by atoms with Crippen LogP contribution < -0.4 is 15.4 Å². The number of hydrogen-bond donors (Lipinski definition) is 3. The minimum absolute atomic E-state index is 0.0295. The molecule has 98 valence electrons. The second-order valence-corrected chi connectivity index (χ2v) is 5.97. The third-order valence-corrected chi connectivity index (χ3v) is 4.21. The van der Waals surface area contributed by atoms with E-state index in [4.69, 9.17) is 0 Å². The van der Waals surface area contributed by atoms with Crippen molar-refractivity contribution in [1.29, 1.82) is 0 Å². The third kappa shape index (κ3) is 2.80. The summed E-state index contributed by atoms with van der Waals surface area (Å²) >= 11 is 0. The lowest BCUT2D eigenvalue weighted by Crippen LogP contribution is -2.22. The van der Waals surface area contributed by atoms with Crippen LogP contribution in [0.4, 0.5) is 5.69 Å². The SMILES string of the molecule is CNS(=O)(=O)c1ccc(NC2CNC(=O)C2)cc1. The van der Waals surface area contributed by atoms with E-state index < -0.39 is 10.0 Å². The molecule has 2 rings (SSSR count). The van der Waals surface area contributed by atoms with Crippen LogP contribution in [0.1, 0.15) is 6.42 Å². The number of benzene rings is 1. The molecular formula is C11H15N3O3S. The Balaban J connectivity index is 2.06. The van der Waals surface area contributed by atoms with E-state index in [0.717, 1.165) is 5.69 Å². The van der Waals surface area contributed by atoms with Crippen LogP contribution >= 0.6 is 0 Å². The molecule has 1 saturated heterocycles. The summed E-state index contributed by atoms with van der Waals surface area (Å²) in [7, 11) is -2.02. The molecule has 7 heteroatoms. The van der Waals surface area contributed by atoms with Crippen molar-refractivity contribution in [1.82, 2.24) is 10.0 Å². The number of rotatable bonds is 4. The van der Waals surface area contributed by atoms with E-state index in [-0.39, 0.29) is 16.8 Å². The van der Waals surface area contributed by atoms with Gasteiger partial charge in [-0.1, -0.05) is 0 Å². The molecule has 1 unspecified atom stereocenters. The maximum absolute atomic E-state index is 11.5. The van der Waals surface area contributed by atoms with Crippen molar-refractivity contribution < 1.29 is 13.2 Å². The number of carbonyl (C=O) groups is 1. The lowest BCUT2D eigenvalue weighted by Gasteiger charge is -2.12. The Labute approximate surface area is 106 Å². The van der Waals surface area contributed by atoms with Crippen LogP contribution in [0.5, 0.6) is 0 Å². The van der Waals surface area contributed by atoms with Crippen molar-refractivity contribution in [3.63, 3.8) is 0 Å². The molecule has 0 saturated carbocycles. The van der Waals surface area contributed by atoms with E-state index in [9.17, 15) is 13.2 Å². The highest BCUT2D eigenvalue weighted by Gasteiger charge is 2.21. The first kappa shape index (κ1) is 12.8. The van der Waals surface area contributed by atoms with Gasteiger partial charge >= 0.3 is 0 Å². The summed E-state index contributed by atoms with van der Waals surface area (Å²) in [5, 5.41) is 5.90. The van der Waals surface area contributed by atoms with Gasteiger partial charge in [0.1, 0.15) is 0 Å². The van der Waals surface area contributed by atoms with E-state index in [2.05, 4.69) is 15.4 Å². The molecule has 0 bridgehead atoms. The Morgan fingerprint density at radius 2 is 1.94 bits per heavy atom. The van der Waals surface area contributed by atoms with E-state index in [0.29, 0.717) is 13.0 Å². The number of anilines is 1. The number of hydrogen-bond acceptors (Lipinski definition) is 4. The van der Waals surface area contributed by atoms with Crippen LogP contribution in [0.2, 0.25) is 0 Å². The molecule has 1 aromatic carbocycles.